The molecule has 0 atom stereocenters. The molecule has 0 bridgehead atoms. The summed E-state index contributed by atoms with van der Waals surface area (Å²) in [5.74, 6) is -0.521. The molecule has 0 saturated heterocycles. The molecule has 1 amide bonds. The van der Waals surface area contributed by atoms with Crippen molar-refractivity contribution >= 4 is 11.7 Å². The van der Waals surface area contributed by atoms with Gasteiger partial charge in [-0.2, -0.15) is 5.10 Å². The molecule has 1 aromatic heterocycles. The third-order valence-corrected chi connectivity index (χ3v) is 1.38. The van der Waals surface area contributed by atoms with Crippen LogP contribution in [0.3, 0.4) is 0 Å². The molecule has 66 valence electrons. The molecule has 0 spiro atoms. The zero-order valence-corrected chi connectivity index (χ0v) is 6.40. The fourth-order valence-electron chi connectivity index (χ4n) is 0.843. The number of nitrogen functional groups attached to an aromatic ring is 1. The molecule has 1 rings (SSSR count). The zero-order valence-electron chi connectivity index (χ0n) is 6.40. The second-order valence-corrected chi connectivity index (χ2v) is 2.28. The van der Waals surface area contributed by atoms with Gasteiger partial charge in [-0.3, -0.25) is 9.48 Å². The maximum Gasteiger partial charge on any atom is 0.254 e. The van der Waals surface area contributed by atoms with Crippen LogP contribution in [0.15, 0.2) is 6.20 Å². The Labute approximate surface area is 68.8 Å². The fourth-order valence-corrected chi connectivity index (χ4v) is 0.843. The monoisotopic (exact) mass is 170 g/mol. The lowest BCUT2D eigenvalue weighted by Gasteiger charge is -1.93. The van der Waals surface area contributed by atoms with Crippen molar-refractivity contribution in [2.24, 2.45) is 5.73 Å². The summed E-state index contributed by atoms with van der Waals surface area (Å²) in [6.45, 7) is 0.247. The predicted molar refractivity (Wildman–Crippen MR) is 42.2 cm³/mol. The molecular weight excluding hydrogens is 160 g/mol. The molecule has 0 aliphatic heterocycles. The highest BCUT2D eigenvalue weighted by molar-refractivity contribution is 5.96. The molecular formula is C6H10N4O2. The highest BCUT2D eigenvalue weighted by Crippen LogP contribution is 2.06. The number of aliphatic hydroxyl groups is 1. The highest BCUT2D eigenvalue weighted by Gasteiger charge is 2.09. The predicted octanol–water partition coefficient (Wildman–Crippen LogP) is -1.44. The van der Waals surface area contributed by atoms with Crippen LogP contribution in [-0.2, 0) is 6.54 Å². The lowest BCUT2D eigenvalue weighted by molar-refractivity contribution is 0.100. The van der Waals surface area contributed by atoms with Gasteiger partial charge in [-0.25, -0.2) is 0 Å². The lowest BCUT2D eigenvalue weighted by Crippen LogP contribution is -2.11. The number of carbonyl (C=O) groups is 1. The smallest absolute Gasteiger partial charge is 0.254 e. The lowest BCUT2D eigenvalue weighted by atomic mass is 10.3. The number of amides is 1. The number of carbonyl (C=O) groups excluding carboxylic acids is 1. The van der Waals surface area contributed by atoms with Crippen LogP contribution in [-0.4, -0.2) is 27.4 Å². The van der Waals surface area contributed by atoms with E-state index in [4.69, 9.17) is 16.6 Å². The fraction of sp³-hybridized carbons (Fsp3) is 0.333. The van der Waals surface area contributed by atoms with Gasteiger partial charge in [0.2, 0.25) is 0 Å². The van der Waals surface area contributed by atoms with E-state index in [1.807, 2.05) is 0 Å². The number of hydrogen-bond acceptors (Lipinski definition) is 4. The number of nitrogens with two attached hydrogens (primary N) is 2. The van der Waals surface area contributed by atoms with Gasteiger partial charge in [0.1, 0.15) is 5.56 Å². The zero-order chi connectivity index (χ0) is 9.14. The maximum absolute atomic E-state index is 10.7. The normalized spacial score (nSPS) is 10.1. The van der Waals surface area contributed by atoms with Crippen LogP contribution >= 0.6 is 0 Å². The Morgan fingerprint density at radius 2 is 2.42 bits per heavy atom. The van der Waals surface area contributed by atoms with E-state index >= 15 is 0 Å². The first-order valence-electron chi connectivity index (χ1n) is 3.38. The second kappa shape index (κ2) is 3.22. The van der Waals surface area contributed by atoms with Gasteiger partial charge >= 0.3 is 0 Å². The summed E-state index contributed by atoms with van der Waals surface area (Å²) < 4.78 is 1.37. The number of nitrogens with zero attached hydrogens (tertiary/aromatic N) is 2. The van der Waals surface area contributed by atoms with Crippen LogP contribution < -0.4 is 11.5 Å². The van der Waals surface area contributed by atoms with E-state index in [0.29, 0.717) is 6.54 Å². The summed E-state index contributed by atoms with van der Waals surface area (Å²) >= 11 is 0. The van der Waals surface area contributed by atoms with Crippen molar-refractivity contribution in [1.29, 1.82) is 0 Å². The average Bonchev–Trinajstić information content (AvgIpc) is 2.32. The molecule has 0 aliphatic carbocycles. The first-order chi connectivity index (χ1) is 5.65. The topological polar surface area (TPSA) is 107 Å². The second-order valence-electron chi connectivity index (χ2n) is 2.28. The number of hydrogen-bond donors (Lipinski definition) is 3. The van der Waals surface area contributed by atoms with E-state index in [2.05, 4.69) is 5.10 Å². The van der Waals surface area contributed by atoms with Gasteiger partial charge < -0.3 is 16.6 Å². The Morgan fingerprint density at radius 3 is 2.83 bits per heavy atom. The van der Waals surface area contributed by atoms with E-state index in [-0.39, 0.29) is 18.0 Å². The number of aliphatic hydroxyl groups excluding tert-OH is 1. The first-order valence-corrected chi connectivity index (χ1v) is 3.38. The van der Waals surface area contributed by atoms with Gasteiger partial charge in [-0.15, -0.1) is 0 Å². The molecule has 6 heteroatoms. The summed E-state index contributed by atoms with van der Waals surface area (Å²) in [5, 5.41) is 12.3. The number of primary amides is 1. The SMILES string of the molecule is NC(=O)c1cn(CCO)nc1N. The minimum Gasteiger partial charge on any atom is -0.394 e. The Balaban J connectivity index is 2.92. The molecule has 1 heterocycles. The number of rotatable bonds is 3. The van der Waals surface area contributed by atoms with Crippen LogP contribution in [0.25, 0.3) is 0 Å². The summed E-state index contributed by atoms with van der Waals surface area (Å²) in [5.41, 5.74) is 10.5. The van der Waals surface area contributed by atoms with Crippen molar-refractivity contribution in [3.63, 3.8) is 0 Å². The van der Waals surface area contributed by atoms with Crippen molar-refractivity contribution in [3.05, 3.63) is 11.8 Å². The standard InChI is InChI=1S/C6H10N4O2/c7-5-4(6(8)12)3-10(9-5)1-2-11/h3,11H,1-2H2,(H2,7,9)(H2,8,12). The molecule has 1 aromatic rings. The molecule has 5 N–H and O–H groups in total. The largest absolute Gasteiger partial charge is 0.394 e. The Kier molecular flexibility index (Phi) is 2.29. The van der Waals surface area contributed by atoms with Crippen molar-refractivity contribution in [1.82, 2.24) is 9.78 Å². The van der Waals surface area contributed by atoms with E-state index < -0.39 is 5.91 Å². The van der Waals surface area contributed by atoms with Crippen molar-refractivity contribution in [2.45, 2.75) is 6.54 Å². The summed E-state index contributed by atoms with van der Waals surface area (Å²) in [4.78, 5) is 10.7. The van der Waals surface area contributed by atoms with Gasteiger partial charge in [0.15, 0.2) is 5.82 Å². The number of anilines is 1. The van der Waals surface area contributed by atoms with Gasteiger partial charge in [-0.1, -0.05) is 0 Å². The molecule has 0 saturated carbocycles. The van der Waals surface area contributed by atoms with Crippen molar-refractivity contribution in [3.8, 4) is 0 Å². The molecule has 0 unspecified atom stereocenters. The Hall–Kier alpha value is -1.56. The van der Waals surface area contributed by atoms with Crippen LogP contribution in [0, 0.1) is 0 Å². The van der Waals surface area contributed by atoms with Gasteiger partial charge in [0.25, 0.3) is 5.91 Å². The van der Waals surface area contributed by atoms with Crippen LogP contribution in [0.4, 0.5) is 5.82 Å². The van der Waals surface area contributed by atoms with Gasteiger partial charge in [-0.05, 0) is 0 Å². The third-order valence-electron chi connectivity index (χ3n) is 1.38. The summed E-state index contributed by atoms with van der Waals surface area (Å²) in [6.07, 6.45) is 1.41. The van der Waals surface area contributed by atoms with E-state index in [0.717, 1.165) is 0 Å². The number of aromatic nitrogens is 2. The average molecular weight is 170 g/mol. The Morgan fingerprint density at radius 1 is 1.75 bits per heavy atom. The van der Waals surface area contributed by atoms with E-state index in [9.17, 15) is 4.79 Å². The molecule has 12 heavy (non-hydrogen) atoms. The van der Waals surface area contributed by atoms with Crippen LogP contribution in [0.2, 0.25) is 0 Å². The Bertz CT molecular complexity index is 294. The van der Waals surface area contributed by atoms with Crippen molar-refractivity contribution in [2.75, 3.05) is 12.3 Å². The van der Waals surface area contributed by atoms with Crippen LogP contribution in [0.5, 0.6) is 0 Å². The maximum atomic E-state index is 10.7. The van der Waals surface area contributed by atoms with E-state index in [1.165, 1.54) is 10.9 Å². The van der Waals surface area contributed by atoms with Gasteiger partial charge in [0, 0.05) is 6.20 Å². The van der Waals surface area contributed by atoms with Crippen molar-refractivity contribution < 1.29 is 9.90 Å². The first kappa shape index (κ1) is 8.54. The minimum atomic E-state index is -0.614. The van der Waals surface area contributed by atoms with E-state index in [1.54, 1.807) is 0 Å². The molecule has 0 fully saturated rings. The van der Waals surface area contributed by atoms with Gasteiger partial charge in [0.05, 0.1) is 13.2 Å². The molecule has 0 radical (unpaired) electrons. The summed E-state index contributed by atoms with van der Waals surface area (Å²) in [6, 6.07) is 0. The van der Waals surface area contributed by atoms with Crippen LogP contribution in [0.1, 0.15) is 10.4 Å². The highest BCUT2D eigenvalue weighted by atomic mass is 16.3. The molecule has 6 nitrogen and oxygen atoms in total. The molecule has 0 aromatic carbocycles. The quantitative estimate of drug-likeness (QED) is 0.516. The molecule has 0 aliphatic rings. The third kappa shape index (κ3) is 1.54. The minimum absolute atomic E-state index is 0.0562. The summed E-state index contributed by atoms with van der Waals surface area (Å²) in [7, 11) is 0.